The Morgan fingerprint density at radius 1 is 1.21 bits per heavy atom. The van der Waals surface area contributed by atoms with Crippen LogP contribution in [0.15, 0.2) is 36.4 Å². The number of carboxylic acids is 1. The highest BCUT2D eigenvalue weighted by Gasteiger charge is 2.18. The lowest BCUT2D eigenvalue weighted by atomic mass is 10.2. The largest absolute Gasteiger partial charge is 0.481 e. The molecule has 0 aliphatic heterocycles. The van der Waals surface area contributed by atoms with Gasteiger partial charge in [0, 0.05) is 24.7 Å². The summed E-state index contributed by atoms with van der Waals surface area (Å²) in [5, 5.41) is 13.4. The maximum absolute atomic E-state index is 11.2. The molecule has 0 spiro atoms. The molecule has 3 rings (SSSR count). The number of hydrogen-bond donors (Lipinski definition) is 2. The highest BCUT2D eigenvalue weighted by Crippen LogP contribution is 2.33. The molecule has 0 amide bonds. The molecule has 3 aromatic rings. The van der Waals surface area contributed by atoms with Crippen molar-refractivity contribution in [3.05, 3.63) is 46.4 Å². The van der Waals surface area contributed by atoms with Crippen LogP contribution in [0.4, 0.5) is 17.3 Å². The van der Waals surface area contributed by atoms with E-state index in [1.165, 1.54) is 0 Å². The van der Waals surface area contributed by atoms with Crippen LogP contribution in [0.3, 0.4) is 0 Å². The molecular weight excluding hydrogens is 399 g/mol. The molecule has 28 heavy (non-hydrogen) atoms. The zero-order chi connectivity index (χ0) is 20.3. The smallest absolute Gasteiger partial charge is 0.305 e. The van der Waals surface area contributed by atoms with Crippen molar-refractivity contribution in [1.29, 1.82) is 0 Å². The van der Waals surface area contributed by atoms with Crippen LogP contribution in [0.5, 0.6) is 0 Å². The van der Waals surface area contributed by atoms with E-state index in [0.29, 0.717) is 21.7 Å². The Balaban J connectivity index is 2.14. The lowest BCUT2D eigenvalue weighted by molar-refractivity contribution is -0.137. The number of carbonyl (C=O) groups is 1. The molecule has 8 heteroatoms. The van der Waals surface area contributed by atoms with E-state index in [4.69, 9.17) is 28.2 Å². The van der Waals surface area contributed by atoms with Gasteiger partial charge in [-0.3, -0.25) is 4.79 Å². The number of benzene rings is 2. The van der Waals surface area contributed by atoms with Crippen molar-refractivity contribution in [2.75, 3.05) is 23.3 Å². The maximum atomic E-state index is 11.2. The lowest BCUT2D eigenvalue weighted by Gasteiger charge is -2.23. The highest BCUT2D eigenvalue weighted by molar-refractivity contribution is 6.36. The lowest BCUT2D eigenvalue weighted by Crippen LogP contribution is -2.22. The van der Waals surface area contributed by atoms with Crippen LogP contribution in [-0.4, -0.2) is 33.7 Å². The van der Waals surface area contributed by atoms with Crippen molar-refractivity contribution in [2.45, 2.75) is 26.8 Å². The van der Waals surface area contributed by atoms with E-state index < -0.39 is 5.97 Å². The molecule has 0 aliphatic carbocycles. The van der Waals surface area contributed by atoms with Gasteiger partial charge in [-0.05, 0) is 44.2 Å². The van der Waals surface area contributed by atoms with Gasteiger partial charge in [-0.15, -0.1) is 0 Å². The Hall–Kier alpha value is -2.44. The van der Waals surface area contributed by atoms with Crippen LogP contribution >= 0.6 is 23.2 Å². The molecule has 0 saturated carbocycles. The van der Waals surface area contributed by atoms with Gasteiger partial charge < -0.3 is 19.9 Å². The van der Waals surface area contributed by atoms with Gasteiger partial charge in [-0.2, -0.15) is 0 Å². The van der Waals surface area contributed by atoms with Crippen molar-refractivity contribution < 1.29 is 9.90 Å². The monoisotopic (exact) mass is 420 g/mol. The molecule has 6 nitrogen and oxygen atoms in total. The van der Waals surface area contributed by atoms with Crippen LogP contribution in [-0.2, 0) is 11.3 Å². The topological polar surface area (TPSA) is 70.4 Å². The fourth-order valence-electron chi connectivity index (χ4n) is 3.22. The summed E-state index contributed by atoms with van der Waals surface area (Å²) in [6, 6.07) is 11.1. The molecule has 1 heterocycles. The molecule has 2 aromatic carbocycles. The Bertz CT molecular complexity index is 999. The van der Waals surface area contributed by atoms with Gasteiger partial charge in [0.1, 0.15) is 0 Å². The molecule has 148 valence electrons. The molecule has 0 unspecified atom stereocenters. The second-order valence-corrected chi connectivity index (χ2v) is 7.14. The number of carboxylic acid groups (broad SMARTS) is 1. The molecule has 0 fully saturated rings. The van der Waals surface area contributed by atoms with E-state index in [9.17, 15) is 9.90 Å². The number of fused-ring (bicyclic) bond motifs is 1. The summed E-state index contributed by atoms with van der Waals surface area (Å²) >= 11 is 12.3. The second-order valence-electron chi connectivity index (χ2n) is 6.30. The second kappa shape index (κ2) is 8.71. The first-order valence-corrected chi connectivity index (χ1v) is 9.88. The summed E-state index contributed by atoms with van der Waals surface area (Å²) in [7, 11) is 0. The molecule has 0 atom stereocenters. The standard InChI is InChI=1S/C20H22Cl2N4O2/c1-3-25(4-2)17-7-5-6-16-19(17)26(11-10-18(27)28)20(24-16)23-15-9-8-13(21)12-14(15)22/h5-9,12H,3-4,10-11H2,1-2H3,(H,23,24)(H,27,28). The van der Waals surface area contributed by atoms with Crippen LogP contribution in [0, 0.1) is 0 Å². The van der Waals surface area contributed by atoms with Gasteiger partial charge in [0.05, 0.1) is 33.9 Å². The molecule has 2 N–H and O–H groups in total. The minimum atomic E-state index is -0.863. The molecule has 1 aromatic heterocycles. The minimum absolute atomic E-state index is 0.0128. The third kappa shape index (κ3) is 4.18. The zero-order valence-electron chi connectivity index (χ0n) is 15.7. The predicted molar refractivity (Wildman–Crippen MR) is 115 cm³/mol. The number of aromatic nitrogens is 2. The van der Waals surface area contributed by atoms with Crippen molar-refractivity contribution in [2.24, 2.45) is 0 Å². The summed E-state index contributed by atoms with van der Waals surface area (Å²) in [6.07, 6.45) is -0.0128. The van der Waals surface area contributed by atoms with E-state index >= 15 is 0 Å². The summed E-state index contributed by atoms with van der Waals surface area (Å²) in [4.78, 5) is 18.1. The van der Waals surface area contributed by atoms with E-state index in [1.807, 2.05) is 22.8 Å². The number of aliphatic carboxylic acids is 1. The first-order chi connectivity index (χ1) is 13.4. The summed E-state index contributed by atoms with van der Waals surface area (Å²) in [5.74, 6) is -0.322. The van der Waals surface area contributed by atoms with Gasteiger partial charge in [0.2, 0.25) is 5.95 Å². The minimum Gasteiger partial charge on any atom is -0.481 e. The predicted octanol–water partition coefficient (Wildman–Crippen LogP) is 5.41. The van der Waals surface area contributed by atoms with Gasteiger partial charge >= 0.3 is 5.97 Å². The van der Waals surface area contributed by atoms with E-state index in [-0.39, 0.29) is 13.0 Å². The van der Waals surface area contributed by atoms with Crippen LogP contribution in [0.25, 0.3) is 11.0 Å². The molecular formula is C20H22Cl2N4O2. The van der Waals surface area contributed by atoms with Crippen molar-refractivity contribution in [3.8, 4) is 0 Å². The first kappa shape index (κ1) is 20.3. The van der Waals surface area contributed by atoms with Crippen molar-refractivity contribution >= 4 is 57.5 Å². The summed E-state index contributed by atoms with van der Waals surface area (Å²) < 4.78 is 1.90. The normalized spacial score (nSPS) is 11.0. The number of hydrogen-bond acceptors (Lipinski definition) is 4. The Morgan fingerprint density at radius 3 is 2.61 bits per heavy atom. The molecule has 0 radical (unpaired) electrons. The van der Waals surface area contributed by atoms with Gasteiger partial charge in [-0.1, -0.05) is 29.3 Å². The average molecular weight is 421 g/mol. The molecule has 0 saturated heterocycles. The summed E-state index contributed by atoms with van der Waals surface area (Å²) in [5.41, 5.74) is 3.38. The van der Waals surface area contributed by atoms with Crippen molar-refractivity contribution in [1.82, 2.24) is 9.55 Å². The van der Waals surface area contributed by atoms with Crippen LogP contribution < -0.4 is 10.2 Å². The number of halogens is 2. The highest BCUT2D eigenvalue weighted by atomic mass is 35.5. The number of aryl methyl sites for hydroxylation is 1. The Kier molecular flexibility index (Phi) is 6.31. The van der Waals surface area contributed by atoms with E-state index in [0.717, 1.165) is 29.8 Å². The fourth-order valence-corrected chi connectivity index (χ4v) is 3.67. The van der Waals surface area contributed by atoms with Crippen LogP contribution in [0.1, 0.15) is 20.3 Å². The van der Waals surface area contributed by atoms with Crippen molar-refractivity contribution in [3.63, 3.8) is 0 Å². The van der Waals surface area contributed by atoms with Gasteiger partial charge in [-0.25, -0.2) is 4.98 Å². The van der Waals surface area contributed by atoms with E-state index in [1.54, 1.807) is 18.2 Å². The SMILES string of the molecule is CCN(CC)c1cccc2nc(Nc3ccc(Cl)cc3Cl)n(CCC(=O)O)c12. The number of imidazole rings is 1. The molecule has 0 aliphatic rings. The molecule has 0 bridgehead atoms. The third-order valence-corrected chi connectivity index (χ3v) is 5.12. The summed E-state index contributed by atoms with van der Waals surface area (Å²) in [6.45, 7) is 6.15. The van der Waals surface area contributed by atoms with Gasteiger partial charge in [0.15, 0.2) is 0 Å². The maximum Gasteiger partial charge on any atom is 0.305 e. The Morgan fingerprint density at radius 2 is 1.96 bits per heavy atom. The number of rotatable bonds is 8. The average Bonchev–Trinajstić information content (AvgIpc) is 3.01. The number of nitrogens with zero attached hydrogens (tertiary/aromatic N) is 3. The van der Waals surface area contributed by atoms with Crippen LogP contribution in [0.2, 0.25) is 10.0 Å². The first-order valence-electron chi connectivity index (χ1n) is 9.12. The fraction of sp³-hybridized carbons (Fsp3) is 0.300. The number of nitrogens with one attached hydrogen (secondary N) is 1. The third-order valence-electron chi connectivity index (χ3n) is 4.58. The van der Waals surface area contributed by atoms with Gasteiger partial charge in [0.25, 0.3) is 0 Å². The Labute approximate surface area is 173 Å². The quantitative estimate of drug-likeness (QED) is 0.509. The number of anilines is 3. The zero-order valence-corrected chi connectivity index (χ0v) is 17.3. The number of para-hydroxylation sites is 1. The van der Waals surface area contributed by atoms with E-state index in [2.05, 4.69) is 24.1 Å².